The van der Waals surface area contributed by atoms with E-state index in [9.17, 15) is 9.59 Å². The molecule has 1 aliphatic rings. The molecule has 2 atom stereocenters. The fourth-order valence-corrected chi connectivity index (χ4v) is 2.47. The number of carboxylic acids is 1. The van der Waals surface area contributed by atoms with Crippen molar-refractivity contribution >= 4 is 23.6 Å². The minimum atomic E-state index is -0.814. The first-order valence-electron chi connectivity index (χ1n) is 3.75. The van der Waals surface area contributed by atoms with E-state index < -0.39 is 11.2 Å². The van der Waals surface area contributed by atoms with E-state index in [1.54, 1.807) is 7.05 Å². The molecule has 1 saturated heterocycles. The molecule has 4 nitrogen and oxygen atoms in total. The van der Waals surface area contributed by atoms with Gasteiger partial charge in [0.1, 0.15) is 5.25 Å². The van der Waals surface area contributed by atoms with Crippen LogP contribution in [0.25, 0.3) is 0 Å². The summed E-state index contributed by atoms with van der Waals surface area (Å²) in [5, 5.41) is 10.6. The second kappa shape index (κ2) is 3.80. The molecule has 5 heteroatoms. The summed E-state index contributed by atoms with van der Waals surface area (Å²) in [5.74, 6) is -0.879. The van der Waals surface area contributed by atoms with Crippen molar-refractivity contribution in [3.8, 4) is 0 Å². The van der Waals surface area contributed by atoms with Gasteiger partial charge in [-0.2, -0.15) is 0 Å². The van der Waals surface area contributed by atoms with E-state index in [0.29, 0.717) is 12.8 Å². The number of rotatable bonds is 2. The van der Waals surface area contributed by atoms with E-state index in [4.69, 9.17) is 5.11 Å². The molecule has 68 valence electrons. The molecule has 0 aromatic rings. The Morgan fingerprint density at radius 1 is 1.42 bits per heavy atom. The fourth-order valence-electron chi connectivity index (χ4n) is 1.17. The van der Waals surface area contributed by atoms with Gasteiger partial charge in [0.2, 0.25) is 5.91 Å². The van der Waals surface area contributed by atoms with Gasteiger partial charge >= 0.3 is 5.97 Å². The van der Waals surface area contributed by atoms with Crippen LogP contribution in [0.3, 0.4) is 0 Å². The van der Waals surface area contributed by atoms with Crippen molar-refractivity contribution in [3.05, 3.63) is 0 Å². The largest absolute Gasteiger partial charge is 0.480 e. The van der Waals surface area contributed by atoms with Crippen molar-refractivity contribution in [2.24, 2.45) is 0 Å². The number of hydrogen-bond donors (Lipinski definition) is 2. The van der Waals surface area contributed by atoms with Crippen LogP contribution in [0.2, 0.25) is 0 Å². The third-order valence-corrected chi connectivity index (χ3v) is 3.38. The molecule has 12 heavy (non-hydrogen) atoms. The van der Waals surface area contributed by atoms with Gasteiger partial charge < -0.3 is 10.4 Å². The van der Waals surface area contributed by atoms with Gasteiger partial charge in [0, 0.05) is 7.05 Å². The first kappa shape index (κ1) is 9.38. The summed E-state index contributed by atoms with van der Waals surface area (Å²) in [6.45, 7) is 0. The van der Waals surface area contributed by atoms with E-state index in [1.807, 2.05) is 0 Å². The Labute approximate surface area is 74.7 Å². The number of nitrogens with one attached hydrogen (secondary N) is 1. The zero-order valence-corrected chi connectivity index (χ0v) is 7.56. The molecule has 0 saturated carbocycles. The van der Waals surface area contributed by atoms with Crippen LogP contribution in [0.4, 0.5) is 0 Å². The molecular weight excluding hydrogens is 178 g/mol. The van der Waals surface area contributed by atoms with Gasteiger partial charge in [-0.15, -0.1) is 11.8 Å². The van der Waals surface area contributed by atoms with Crippen molar-refractivity contribution < 1.29 is 14.7 Å². The molecule has 2 N–H and O–H groups in total. The van der Waals surface area contributed by atoms with Gasteiger partial charge in [0.25, 0.3) is 0 Å². The van der Waals surface area contributed by atoms with Crippen LogP contribution in [0.5, 0.6) is 0 Å². The van der Waals surface area contributed by atoms with Gasteiger partial charge in [-0.3, -0.25) is 9.59 Å². The number of carbonyl (C=O) groups is 2. The third kappa shape index (κ3) is 1.91. The van der Waals surface area contributed by atoms with Crippen molar-refractivity contribution in [1.29, 1.82) is 0 Å². The highest BCUT2D eigenvalue weighted by molar-refractivity contribution is 8.02. The topological polar surface area (TPSA) is 66.4 Å². The van der Waals surface area contributed by atoms with E-state index >= 15 is 0 Å². The van der Waals surface area contributed by atoms with Gasteiger partial charge in [-0.05, 0) is 12.8 Å². The zero-order valence-electron chi connectivity index (χ0n) is 6.74. The minimum Gasteiger partial charge on any atom is -0.480 e. The normalized spacial score (nSPS) is 28.4. The summed E-state index contributed by atoms with van der Waals surface area (Å²) in [7, 11) is 1.57. The minimum absolute atomic E-state index is 0.0660. The molecule has 0 aliphatic carbocycles. The molecule has 1 heterocycles. The van der Waals surface area contributed by atoms with Gasteiger partial charge in [0.05, 0.1) is 5.25 Å². The first-order valence-corrected chi connectivity index (χ1v) is 4.69. The average Bonchev–Trinajstić information content (AvgIpc) is 2.51. The summed E-state index contributed by atoms with van der Waals surface area (Å²) >= 11 is 1.24. The summed E-state index contributed by atoms with van der Waals surface area (Å²) in [4.78, 5) is 21.6. The van der Waals surface area contributed by atoms with Crippen molar-refractivity contribution in [2.75, 3.05) is 7.05 Å². The fraction of sp³-hybridized carbons (Fsp3) is 0.714. The van der Waals surface area contributed by atoms with Crippen LogP contribution < -0.4 is 5.32 Å². The Morgan fingerprint density at radius 2 is 2.00 bits per heavy atom. The maximum absolute atomic E-state index is 11.1. The molecular formula is C7H11NO3S. The molecule has 0 radical (unpaired) electrons. The van der Waals surface area contributed by atoms with Gasteiger partial charge in [-0.1, -0.05) is 0 Å². The van der Waals surface area contributed by atoms with Crippen molar-refractivity contribution in [1.82, 2.24) is 5.32 Å². The monoisotopic (exact) mass is 189 g/mol. The first-order chi connectivity index (χ1) is 5.65. The highest BCUT2D eigenvalue weighted by atomic mass is 32.2. The molecule has 1 fully saturated rings. The quantitative estimate of drug-likeness (QED) is 0.645. The number of hydrogen-bond acceptors (Lipinski definition) is 3. The lowest BCUT2D eigenvalue weighted by molar-refractivity contribution is -0.136. The summed E-state index contributed by atoms with van der Waals surface area (Å²) in [5.41, 5.74) is 0. The Kier molecular flexibility index (Phi) is 2.97. The molecule has 1 rings (SSSR count). The van der Waals surface area contributed by atoms with Crippen LogP contribution in [0.1, 0.15) is 12.8 Å². The van der Waals surface area contributed by atoms with Crippen LogP contribution in [-0.4, -0.2) is 34.5 Å². The third-order valence-electron chi connectivity index (χ3n) is 1.83. The second-order valence-corrected chi connectivity index (χ2v) is 4.05. The number of thioether (sulfide) groups is 1. The summed E-state index contributed by atoms with van der Waals surface area (Å²) in [6, 6.07) is 0. The standard InChI is InChI=1S/C7H11NO3S/c1-8-6(9)4-2-3-5(12-4)7(10)11/h4-5H,2-3H2,1H3,(H,8,9)(H,10,11)/t4-,5+/m0/s1. The summed E-state index contributed by atoms with van der Waals surface area (Å²) in [6.07, 6.45) is 1.26. The van der Waals surface area contributed by atoms with E-state index in [-0.39, 0.29) is 11.2 Å². The van der Waals surface area contributed by atoms with Crippen LogP contribution in [0.15, 0.2) is 0 Å². The Morgan fingerprint density at radius 3 is 2.42 bits per heavy atom. The van der Waals surface area contributed by atoms with Gasteiger partial charge in [0.15, 0.2) is 0 Å². The molecule has 1 amide bonds. The average molecular weight is 189 g/mol. The molecule has 0 aromatic carbocycles. The van der Waals surface area contributed by atoms with Crippen LogP contribution >= 0.6 is 11.8 Å². The zero-order chi connectivity index (χ0) is 9.14. The number of carboxylic acid groups (broad SMARTS) is 1. The number of carbonyl (C=O) groups excluding carboxylic acids is 1. The molecule has 0 unspecified atom stereocenters. The van der Waals surface area contributed by atoms with Gasteiger partial charge in [-0.25, -0.2) is 0 Å². The molecule has 0 spiro atoms. The predicted octanol–water partition coefficient (Wildman–Crippen LogP) is 0.0812. The number of amides is 1. The van der Waals surface area contributed by atoms with E-state index in [2.05, 4.69) is 5.32 Å². The maximum Gasteiger partial charge on any atom is 0.316 e. The highest BCUT2D eigenvalue weighted by Crippen LogP contribution is 2.33. The maximum atomic E-state index is 11.1. The van der Waals surface area contributed by atoms with E-state index in [0.717, 1.165) is 0 Å². The number of aliphatic carboxylic acids is 1. The van der Waals surface area contributed by atoms with E-state index in [1.165, 1.54) is 11.8 Å². The molecule has 1 aliphatic heterocycles. The Bertz CT molecular complexity index is 207. The Hall–Kier alpha value is -0.710. The lowest BCUT2D eigenvalue weighted by atomic mass is 10.2. The predicted molar refractivity (Wildman–Crippen MR) is 46.1 cm³/mol. The second-order valence-electron chi connectivity index (χ2n) is 2.64. The smallest absolute Gasteiger partial charge is 0.316 e. The van der Waals surface area contributed by atoms with Crippen LogP contribution in [0, 0.1) is 0 Å². The highest BCUT2D eigenvalue weighted by Gasteiger charge is 2.33. The van der Waals surface area contributed by atoms with Crippen molar-refractivity contribution in [3.63, 3.8) is 0 Å². The Balaban J connectivity index is 2.45. The molecule has 0 aromatic heterocycles. The lowest BCUT2D eigenvalue weighted by Gasteiger charge is -2.06. The summed E-state index contributed by atoms with van der Waals surface area (Å²) < 4.78 is 0. The van der Waals surface area contributed by atoms with Crippen LogP contribution in [-0.2, 0) is 9.59 Å². The lowest BCUT2D eigenvalue weighted by Crippen LogP contribution is -2.28. The van der Waals surface area contributed by atoms with Crippen molar-refractivity contribution in [2.45, 2.75) is 23.3 Å². The SMILES string of the molecule is CNC(=O)[C@@H]1CC[C@H](C(=O)O)S1. The molecule has 0 bridgehead atoms.